The van der Waals surface area contributed by atoms with Gasteiger partial charge in [0, 0.05) is 30.4 Å². The van der Waals surface area contributed by atoms with Crippen LogP contribution in [-0.4, -0.2) is 0 Å². The van der Waals surface area contributed by atoms with Crippen molar-refractivity contribution in [1.82, 2.24) is 0 Å². The Morgan fingerprint density at radius 1 is 0.281 bits per heavy atom. The van der Waals surface area contributed by atoms with Gasteiger partial charge >= 0.3 is 0 Å². The van der Waals surface area contributed by atoms with Crippen LogP contribution in [0, 0.1) is 0 Å². The van der Waals surface area contributed by atoms with E-state index in [2.05, 4.69) is 234 Å². The van der Waals surface area contributed by atoms with Crippen molar-refractivity contribution >= 4 is 45.1 Å². The molecule has 0 aromatic heterocycles. The van der Waals surface area contributed by atoms with Crippen molar-refractivity contribution in [3.05, 3.63) is 229 Å². The average molecular weight is 855 g/mol. The highest BCUT2D eigenvalue weighted by molar-refractivity contribution is 8.00. The van der Waals surface area contributed by atoms with E-state index in [-0.39, 0.29) is 10.8 Å². The Labute approximate surface area is 385 Å². The lowest BCUT2D eigenvalue weighted by molar-refractivity contribution is 0.608. The van der Waals surface area contributed by atoms with Crippen molar-refractivity contribution in [3.63, 3.8) is 0 Å². The van der Waals surface area contributed by atoms with Crippen molar-refractivity contribution < 1.29 is 0 Å². The van der Waals surface area contributed by atoms with Gasteiger partial charge in [-0.2, -0.15) is 0 Å². The van der Waals surface area contributed by atoms with Crippen LogP contribution in [0.4, 0.5) is 0 Å². The molecule has 0 radical (unpaired) electrons. The van der Waals surface area contributed by atoms with E-state index in [1.165, 1.54) is 119 Å². The summed E-state index contributed by atoms with van der Waals surface area (Å²) < 4.78 is 0. The van der Waals surface area contributed by atoms with Gasteiger partial charge in [0.25, 0.3) is 0 Å². The fraction of sp³-hybridized carbons (Fsp3) is 0.0968. The maximum Gasteiger partial charge on any atom is 0.0242 e. The Morgan fingerprint density at radius 3 is 1.09 bits per heavy atom. The third-order valence-electron chi connectivity index (χ3n) is 14.0. The van der Waals surface area contributed by atoms with E-state index in [4.69, 9.17) is 0 Å². The maximum atomic E-state index is 2.50. The molecular formula is C62H46S2. The molecule has 0 bridgehead atoms. The number of rotatable bonds is 5. The Kier molecular flexibility index (Phi) is 9.16. The van der Waals surface area contributed by atoms with E-state index >= 15 is 0 Å². The van der Waals surface area contributed by atoms with Gasteiger partial charge in [0.2, 0.25) is 0 Å². The molecule has 0 unspecified atom stereocenters. The van der Waals surface area contributed by atoms with Crippen LogP contribution in [0.3, 0.4) is 0 Å². The summed E-state index contributed by atoms with van der Waals surface area (Å²) in [4.78, 5) is 5.37. The van der Waals surface area contributed by atoms with Crippen molar-refractivity contribution in [2.75, 3.05) is 0 Å². The molecule has 0 amide bonds. The van der Waals surface area contributed by atoms with Crippen LogP contribution < -0.4 is 0 Å². The van der Waals surface area contributed by atoms with Gasteiger partial charge in [0.1, 0.15) is 0 Å². The fourth-order valence-electron chi connectivity index (χ4n) is 10.8. The zero-order valence-electron chi connectivity index (χ0n) is 36.4. The third kappa shape index (κ3) is 6.00. The number of fused-ring (bicyclic) bond motifs is 6. The molecule has 10 aromatic rings. The van der Waals surface area contributed by atoms with Crippen molar-refractivity contribution in [1.29, 1.82) is 0 Å². The number of hydrogen-bond donors (Lipinski definition) is 0. The van der Waals surface area contributed by atoms with Crippen LogP contribution in [0.15, 0.2) is 226 Å². The summed E-state index contributed by atoms with van der Waals surface area (Å²) in [5, 5.41) is 5.01. The second-order valence-corrected chi connectivity index (χ2v) is 20.4. The lowest BCUT2D eigenvalue weighted by atomic mass is 9.76. The van der Waals surface area contributed by atoms with Crippen LogP contribution in [0.25, 0.3) is 77.2 Å². The summed E-state index contributed by atoms with van der Waals surface area (Å²) in [5.74, 6) is 0. The first kappa shape index (κ1) is 39.0. The highest BCUT2D eigenvalue weighted by Gasteiger charge is 2.36. The molecule has 0 nitrogen and oxygen atoms in total. The first-order valence-corrected chi connectivity index (χ1v) is 24.0. The summed E-state index contributed by atoms with van der Waals surface area (Å²) in [7, 11) is 0. The molecule has 0 fully saturated rings. The standard InChI is InChI=1S/C62H46S2/c1-61(2)52-32-12-14-36-56(52)63-59-48(30-18-34-54(59)61)42-24-10-8-22-40(42)44-26-16-28-46-50(44)38-51-45(27-17-29-47(51)58(46)39-20-6-5-7-21-39)41-23-9-11-25-43(41)49-31-19-35-55-60(49)64-57-37-15-13-33-53(57)62(55,3)4/h5-38H,1-4H3. The molecule has 0 saturated heterocycles. The first-order chi connectivity index (χ1) is 31.3. The lowest BCUT2D eigenvalue weighted by Gasteiger charge is -2.35. The zero-order chi connectivity index (χ0) is 43.2. The molecule has 0 spiro atoms. The summed E-state index contributed by atoms with van der Waals surface area (Å²) in [6.07, 6.45) is 0. The molecule has 306 valence electrons. The molecule has 2 aliphatic heterocycles. The monoisotopic (exact) mass is 854 g/mol. The van der Waals surface area contributed by atoms with Gasteiger partial charge in [-0.05, 0) is 118 Å². The topological polar surface area (TPSA) is 0 Å². The van der Waals surface area contributed by atoms with Gasteiger partial charge in [0.05, 0.1) is 0 Å². The lowest BCUT2D eigenvalue weighted by Crippen LogP contribution is -2.23. The zero-order valence-corrected chi connectivity index (χ0v) is 38.1. The summed E-state index contributed by atoms with van der Waals surface area (Å²) >= 11 is 3.84. The van der Waals surface area contributed by atoms with E-state index in [1.807, 2.05) is 23.5 Å². The van der Waals surface area contributed by atoms with E-state index in [0.717, 1.165) is 0 Å². The second kappa shape index (κ2) is 15.0. The van der Waals surface area contributed by atoms with Gasteiger partial charge in [0.15, 0.2) is 0 Å². The minimum atomic E-state index is -0.115. The Balaban J connectivity index is 1.10. The minimum absolute atomic E-state index is 0.115. The van der Waals surface area contributed by atoms with Crippen LogP contribution in [0.5, 0.6) is 0 Å². The Hall–Kier alpha value is -6.58. The molecule has 10 aromatic carbocycles. The molecule has 64 heavy (non-hydrogen) atoms. The predicted octanol–water partition coefficient (Wildman–Crippen LogP) is 17.9. The molecule has 12 rings (SSSR count). The van der Waals surface area contributed by atoms with Crippen molar-refractivity contribution in [2.24, 2.45) is 0 Å². The molecule has 2 heteroatoms. The molecule has 0 atom stereocenters. The largest absolute Gasteiger partial charge is 0.0888 e. The molecule has 2 heterocycles. The molecule has 0 aliphatic carbocycles. The molecule has 0 saturated carbocycles. The molecule has 0 N–H and O–H groups in total. The normalized spacial score (nSPS) is 14.4. The van der Waals surface area contributed by atoms with Crippen LogP contribution >= 0.6 is 23.5 Å². The Morgan fingerprint density at radius 2 is 0.625 bits per heavy atom. The summed E-state index contributed by atoms with van der Waals surface area (Å²) in [6, 6.07) is 77.3. The predicted molar refractivity (Wildman–Crippen MR) is 274 cm³/mol. The highest BCUT2D eigenvalue weighted by Crippen LogP contribution is 2.55. The molecular weight excluding hydrogens is 809 g/mol. The Bertz CT molecular complexity index is 3290. The quantitative estimate of drug-likeness (QED) is 0.158. The third-order valence-corrected chi connectivity index (χ3v) is 16.5. The highest BCUT2D eigenvalue weighted by atomic mass is 32.2. The second-order valence-electron chi connectivity index (χ2n) is 18.3. The van der Waals surface area contributed by atoms with Crippen molar-refractivity contribution in [3.8, 4) is 55.6 Å². The summed E-state index contributed by atoms with van der Waals surface area (Å²) in [6.45, 7) is 9.51. The smallest absolute Gasteiger partial charge is 0.0242 e. The van der Waals surface area contributed by atoms with E-state index in [0.29, 0.717) is 0 Å². The van der Waals surface area contributed by atoms with E-state index < -0.39 is 0 Å². The SMILES string of the molecule is CC1(C)c2ccccc2Sc2c(-c3ccccc3-c3cccc4c(-c5ccccc5)c5cccc(-c6ccccc6-c6cccc7c6Sc6ccccc6C7(C)C)c5cc34)cccc21. The van der Waals surface area contributed by atoms with Gasteiger partial charge in [-0.3, -0.25) is 0 Å². The first-order valence-electron chi connectivity index (χ1n) is 22.3. The van der Waals surface area contributed by atoms with Crippen LogP contribution in [-0.2, 0) is 10.8 Å². The average Bonchev–Trinajstić information content (AvgIpc) is 3.33. The molecule has 2 aliphatic rings. The minimum Gasteiger partial charge on any atom is -0.0888 e. The summed E-state index contributed by atoms with van der Waals surface area (Å²) in [5.41, 5.74) is 17.8. The fourth-order valence-corrected chi connectivity index (χ4v) is 13.9. The number of benzene rings is 10. The van der Waals surface area contributed by atoms with Gasteiger partial charge < -0.3 is 0 Å². The maximum absolute atomic E-state index is 2.50. The van der Waals surface area contributed by atoms with Crippen molar-refractivity contribution in [2.45, 2.75) is 58.1 Å². The van der Waals surface area contributed by atoms with Gasteiger partial charge in [-0.25, -0.2) is 0 Å². The van der Waals surface area contributed by atoms with Crippen LogP contribution in [0.2, 0.25) is 0 Å². The number of hydrogen-bond acceptors (Lipinski definition) is 2. The van der Waals surface area contributed by atoms with Gasteiger partial charge in [-0.15, -0.1) is 0 Å². The van der Waals surface area contributed by atoms with E-state index in [9.17, 15) is 0 Å². The van der Waals surface area contributed by atoms with E-state index in [1.54, 1.807) is 0 Å². The van der Waals surface area contributed by atoms with Gasteiger partial charge in [-0.1, -0.05) is 239 Å². The van der Waals surface area contributed by atoms with Crippen LogP contribution in [0.1, 0.15) is 49.9 Å².